The maximum atomic E-state index is 14.5. The quantitative estimate of drug-likeness (QED) is 0.743. The fourth-order valence-corrected chi connectivity index (χ4v) is 3.21. The monoisotopic (exact) mass is 369 g/mol. The summed E-state index contributed by atoms with van der Waals surface area (Å²) in [7, 11) is 0. The van der Waals surface area contributed by atoms with E-state index in [0.29, 0.717) is 10.6 Å². The molecule has 0 amide bonds. The molecule has 0 aliphatic heterocycles. The van der Waals surface area contributed by atoms with Crippen LogP contribution in [0, 0.1) is 19.7 Å². The summed E-state index contributed by atoms with van der Waals surface area (Å²) in [6, 6.07) is 8.95. The highest BCUT2D eigenvalue weighted by atomic mass is 79.9. The molecule has 1 nitrogen and oxygen atoms in total. The Balaban J connectivity index is 2.61. The van der Waals surface area contributed by atoms with Crippen molar-refractivity contribution in [3.8, 4) is 0 Å². The summed E-state index contributed by atoms with van der Waals surface area (Å²) in [4.78, 5) is 0. The van der Waals surface area contributed by atoms with E-state index in [4.69, 9.17) is 11.6 Å². The van der Waals surface area contributed by atoms with Gasteiger partial charge in [0, 0.05) is 15.1 Å². The van der Waals surface area contributed by atoms with E-state index in [1.54, 1.807) is 6.07 Å². The van der Waals surface area contributed by atoms with Gasteiger partial charge in [0.25, 0.3) is 0 Å². The summed E-state index contributed by atoms with van der Waals surface area (Å²) >= 11 is 9.79. The number of hydrogen-bond acceptors (Lipinski definition) is 1. The highest BCUT2D eigenvalue weighted by Crippen LogP contribution is 2.34. The molecule has 0 radical (unpaired) electrons. The fourth-order valence-electron chi connectivity index (χ4n) is 2.60. The van der Waals surface area contributed by atoms with Gasteiger partial charge in [-0.3, -0.25) is 0 Å². The van der Waals surface area contributed by atoms with Crippen LogP contribution in [0.5, 0.6) is 0 Å². The van der Waals surface area contributed by atoms with Crippen molar-refractivity contribution in [3.63, 3.8) is 0 Å². The number of benzene rings is 2. The molecule has 2 rings (SSSR count). The Morgan fingerprint density at radius 2 is 1.95 bits per heavy atom. The Morgan fingerprint density at radius 3 is 2.57 bits per heavy atom. The average Bonchev–Trinajstić information content (AvgIpc) is 2.39. The van der Waals surface area contributed by atoms with Gasteiger partial charge in [-0.15, -0.1) is 0 Å². The lowest BCUT2D eigenvalue weighted by molar-refractivity contribution is 0.555. The molecule has 112 valence electrons. The lowest BCUT2D eigenvalue weighted by Crippen LogP contribution is -2.24. The van der Waals surface area contributed by atoms with Gasteiger partial charge in [0.1, 0.15) is 5.82 Å². The summed E-state index contributed by atoms with van der Waals surface area (Å²) in [6.45, 7) is 6.55. The Hall–Kier alpha value is -0.900. The van der Waals surface area contributed by atoms with E-state index in [0.717, 1.165) is 27.7 Å². The van der Waals surface area contributed by atoms with E-state index < -0.39 is 0 Å². The van der Waals surface area contributed by atoms with Gasteiger partial charge >= 0.3 is 0 Å². The fraction of sp³-hybridized carbons (Fsp3) is 0.294. The van der Waals surface area contributed by atoms with Gasteiger partial charge < -0.3 is 5.32 Å². The predicted octanol–water partition coefficient (Wildman–Crippen LogP) is 5.56. The van der Waals surface area contributed by atoms with Gasteiger partial charge in [0.05, 0.1) is 6.04 Å². The molecule has 0 aliphatic rings. The maximum absolute atomic E-state index is 14.5. The van der Waals surface area contributed by atoms with Gasteiger partial charge in [0.15, 0.2) is 0 Å². The van der Waals surface area contributed by atoms with Crippen LogP contribution in [-0.4, -0.2) is 6.54 Å². The third kappa shape index (κ3) is 3.65. The van der Waals surface area contributed by atoms with Gasteiger partial charge in [-0.2, -0.15) is 0 Å². The van der Waals surface area contributed by atoms with Crippen LogP contribution in [-0.2, 0) is 0 Å². The Morgan fingerprint density at radius 1 is 1.24 bits per heavy atom. The second kappa shape index (κ2) is 6.91. The number of aryl methyl sites for hydroxylation is 2. The first-order valence-corrected chi connectivity index (χ1v) is 8.06. The van der Waals surface area contributed by atoms with Crippen LogP contribution in [0.3, 0.4) is 0 Å². The lowest BCUT2D eigenvalue weighted by atomic mass is 9.93. The lowest BCUT2D eigenvalue weighted by Gasteiger charge is -2.23. The largest absolute Gasteiger partial charge is 0.306 e. The van der Waals surface area contributed by atoms with E-state index >= 15 is 0 Å². The molecule has 0 saturated heterocycles. The van der Waals surface area contributed by atoms with E-state index in [1.807, 2.05) is 45.0 Å². The third-order valence-electron chi connectivity index (χ3n) is 3.45. The number of hydrogen-bond donors (Lipinski definition) is 1. The van der Waals surface area contributed by atoms with Crippen molar-refractivity contribution in [1.82, 2.24) is 5.32 Å². The number of rotatable bonds is 4. The minimum atomic E-state index is -0.263. The number of halogens is 3. The molecule has 1 atom stereocenters. The van der Waals surface area contributed by atoms with Crippen LogP contribution in [0.2, 0.25) is 5.02 Å². The van der Waals surface area contributed by atoms with Crippen molar-refractivity contribution >= 4 is 27.5 Å². The second-order valence-corrected chi connectivity index (χ2v) is 6.46. The van der Waals surface area contributed by atoms with E-state index in [1.165, 1.54) is 0 Å². The van der Waals surface area contributed by atoms with Gasteiger partial charge in [-0.25, -0.2) is 4.39 Å². The highest BCUT2D eigenvalue weighted by molar-refractivity contribution is 9.10. The molecule has 0 heterocycles. The Labute approximate surface area is 138 Å². The average molecular weight is 371 g/mol. The molecule has 0 fully saturated rings. The normalized spacial score (nSPS) is 12.5. The van der Waals surface area contributed by atoms with Crippen molar-refractivity contribution in [2.24, 2.45) is 0 Å². The zero-order chi connectivity index (χ0) is 15.6. The van der Waals surface area contributed by atoms with E-state index in [9.17, 15) is 4.39 Å². The van der Waals surface area contributed by atoms with Crippen molar-refractivity contribution < 1.29 is 4.39 Å². The van der Waals surface area contributed by atoms with Gasteiger partial charge in [0.2, 0.25) is 0 Å². The minimum absolute atomic E-state index is 0.200. The smallest absolute Gasteiger partial charge is 0.128 e. The molecular formula is C17H18BrClFN. The minimum Gasteiger partial charge on any atom is -0.306 e. The third-order valence-corrected chi connectivity index (χ3v) is 4.28. The topological polar surface area (TPSA) is 12.0 Å². The molecule has 0 aliphatic carbocycles. The van der Waals surface area contributed by atoms with Crippen molar-refractivity contribution in [3.05, 3.63) is 67.9 Å². The standard InChI is InChI=1S/C17H18BrClFN/c1-4-21-17(13-9-12(18)5-6-14(13)19)16-11(3)7-10(2)8-15(16)20/h5-9,17,21H,4H2,1-3H3. The first kappa shape index (κ1) is 16.5. The number of nitrogens with one attached hydrogen (secondary N) is 1. The van der Waals surface area contributed by atoms with Crippen LogP contribution in [0.25, 0.3) is 0 Å². The predicted molar refractivity (Wildman–Crippen MR) is 90.5 cm³/mol. The molecule has 1 N–H and O–H groups in total. The van der Waals surface area contributed by atoms with Crippen LogP contribution < -0.4 is 5.32 Å². The summed E-state index contributed by atoms with van der Waals surface area (Å²) < 4.78 is 15.4. The molecule has 4 heteroatoms. The van der Waals surface area contributed by atoms with Crippen LogP contribution >= 0.6 is 27.5 Å². The van der Waals surface area contributed by atoms with Gasteiger partial charge in [-0.05, 0) is 61.3 Å². The summed E-state index contributed by atoms with van der Waals surface area (Å²) in [5.74, 6) is -0.200. The zero-order valence-electron chi connectivity index (χ0n) is 12.3. The summed E-state index contributed by atoms with van der Waals surface area (Å²) in [5, 5.41) is 3.97. The summed E-state index contributed by atoms with van der Waals surface area (Å²) in [6.07, 6.45) is 0. The molecule has 0 spiro atoms. The molecule has 21 heavy (non-hydrogen) atoms. The van der Waals surface area contributed by atoms with Crippen molar-refractivity contribution in [2.45, 2.75) is 26.8 Å². The maximum Gasteiger partial charge on any atom is 0.128 e. The molecular weight excluding hydrogens is 353 g/mol. The van der Waals surface area contributed by atoms with E-state index in [2.05, 4.69) is 21.2 Å². The van der Waals surface area contributed by atoms with Crippen LogP contribution in [0.4, 0.5) is 4.39 Å². The molecule has 2 aromatic rings. The first-order valence-electron chi connectivity index (χ1n) is 6.89. The molecule has 0 aromatic heterocycles. The molecule has 0 bridgehead atoms. The van der Waals surface area contributed by atoms with Gasteiger partial charge in [-0.1, -0.05) is 40.5 Å². The molecule has 1 unspecified atom stereocenters. The second-order valence-electron chi connectivity index (χ2n) is 5.13. The summed E-state index contributed by atoms with van der Waals surface area (Å²) in [5.41, 5.74) is 3.38. The van der Waals surface area contributed by atoms with Crippen molar-refractivity contribution in [1.29, 1.82) is 0 Å². The Kier molecular flexibility index (Phi) is 5.42. The Bertz CT molecular complexity index is 634. The zero-order valence-corrected chi connectivity index (χ0v) is 14.6. The van der Waals surface area contributed by atoms with Crippen LogP contribution in [0.15, 0.2) is 34.8 Å². The van der Waals surface area contributed by atoms with Crippen molar-refractivity contribution in [2.75, 3.05) is 6.54 Å². The molecule has 0 saturated carbocycles. The highest BCUT2D eigenvalue weighted by Gasteiger charge is 2.22. The SMILES string of the molecule is CCNC(c1cc(Br)ccc1Cl)c1c(C)cc(C)cc1F. The first-order chi connectivity index (χ1) is 9.93. The van der Waals surface area contributed by atoms with E-state index in [-0.39, 0.29) is 11.9 Å². The molecule has 2 aromatic carbocycles. The van der Waals surface area contributed by atoms with Crippen LogP contribution in [0.1, 0.15) is 35.2 Å².